The third-order valence-electron chi connectivity index (χ3n) is 5.72. The lowest BCUT2D eigenvalue weighted by Gasteiger charge is -2.19. The number of halogens is 2. The van der Waals surface area contributed by atoms with Gasteiger partial charge in [0.25, 0.3) is 11.1 Å². The first-order valence-corrected chi connectivity index (χ1v) is 14.4. The smallest absolute Gasteiger partial charge is 0.293 e. The second-order valence-corrected chi connectivity index (χ2v) is 12.7. The average Bonchev–Trinajstić information content (AvgIpc) is 3.11. The second-order valence-electron chi connectivity index (χ2n) is 9.55. The van der Waals surface area contributed by atoms with Crippen molar-refractivity contribution in [3.63, 3.8) is 0 Å². The highest BCUT2D eigenvalue weighted by Crippen LogP contribution is 2.35. The van der Waals surface area contributed by atoms with E-state index >= 15 is 0 Å². The third kappa shape index (κ3) is 7.39. The van der Waals surface area contributed by atoms with Gasteiger partial charge in [-0.3, -0.25) is 14.5 Å². The lowest BCUT2D eigenvalue weighted by atomic mass is 9.87. The summed E-state index contributed by atoms with van der Waals surface area (Å²) in [6.45, 7) is 7.47. The number of ether oxygens (including phenoxy) is 2. The van der Waals surface area contributed by atoms with E-state index in [2.05, 4.69) is 71.4 Å². The van der Waals surface area contributed by atoms with E-state index in [-0.39, 0.29) is 23.1 Å². The lowest BCUT2D eigenvalue weighted by molar-refractivity contribution is -0.123. The van der Waals surface area contributed by atoms with Crippen LogP contribution in [0, 0.1) is 3.57 Å². The number of hydrogen-bond donors (Lipinski definition) is 0. The Morgan fingerprint density at radius 1 is 0.946 bits per heavy atom. The summed E-state index contributed by atoms with van der Waals surface area (Å²) >= 11 is 6.65. The first kappa shape index (κ1) is 27.7. The second kappa shape index (κ2) is 12.0. The molecule has 2 amide bonds. The molecule has 0 atom stereocenters. The number of benzene rings is 3. The van der Waals surface area contributed by atoms with Gasteiger partial charge in [-0.15, -0.1) is 0 Å². The molecule has 3 aromatic rings. The van der Waals surface area contributed by atoms with E-state index in [0.29, 0.717) is 23.9 Å². The van der Waals surface area contributed by atoms with Gasteiger partial charge >= 0.3 is 0 Å². The van der Waals surface area contributed by atoms with E-state index in [1.165, 1.54) is 10.5 Å². The van der Waals surface area contributed by atoms with Crippen molar-refractivity contribution in [3.05, 3.63) is 96.4 Å². The molecule has 3 aromatic carbocycles. The van der Waals surface area contributed by atoms with Crippen molar-refractivity contribution in [3.8, 4) is 11.5 Å². The van der Waals surface area contributed by atoms with Crippen molar-refractivity contribution in [2.45, 2.75) is 32.7 Å². The molecule has 1 aliphatic heterocycles. The Kier molecular flexibility index (Phi) is 9.03. The largest absolute Gasteiger partial charge is 0.490 e. The first-order chi connectivity index (χ1) is 17.6. The van der Waals surface area contributed by atoms with Crippen LogP contribution in [-0.4, -0.2) is 29.3 Å². The molecule has 1 heterocycles. The highest BCUT2D eigenvalue weighted by molar-refractivity contribution is 14.1. The summed E-state index contributed by atoms with van der Waals surface area (Å²) in [5, 5.41) is -0.278. The number of carbonyl (C=O) groups is 2. The van der Waals surface area contributed by atoms with Gasteiger partial charge in [0.15, 0.2) is 0 Å². The number of nitrogens with zero attached hydrogens (tertiary/aromatic N) is 1. The maximum absolute atomic E-state index is 13.0. The third-order valence-corrected chi connectivity index (χ3v) is 7.84. The molecule has 0 spiro atoms. The van der Waals surface area contributed by atoms with Crippen LogP contribution in [0.1, 0.15) is 37.5 Å². The maximum atomic E-state index is 13.0. The molecule has 1 saturated heterocycles. The standard InChI is InChI=1S/C29H27BrINO4S/c1-29(2,3)21-7-12-24(13-8-21)35-14-15-36-25-17-22(30)9-6-20(25)16-26-27(33)32(28(34)37-26)18-19-4-10-23(31)11-5-19/h4-13,16-17H,14-15,18H2,1-3H3/b26-16-. The van der Waals surface area contributed by atoms with Gasteiger partial charge in [-0.05, 0) is 93.4 Å². The molecule has 0 unspecified atom stereocenters. The zero-order valence-corrected chi connectivity index (χ0v) is 25.4. The number of hydrogen-bond acceptors (Lipinski definition) is 5. The van der Waals surface area contributed by atoms with Gasteiger partial charge < -0.3 is 9.47 Å². The molecule has 4 rings (SSSR count). The Morgan fingerprint density at radius 3 is 2.30 bits per heavy atom. The van der Waals surface area contributed by atoms with Crippen LogP contribution < -0.4 is 9.47 Å². The Balaban J connectivity index is 1.40. The Bertz CT molecular complexity index is 1320. The summed E-state index contributed by atoms with van der Waals surface area (Å²) in [4.78, 5) is 27.3. The summed E-state index contributed by atoms with van der Waals surface area (Å²) < 4.78 is 13.8. The summed E-state index contributed by atoms with van der Waals surface area (Å²) in [6, 6.07) is 21.5. The van der Waals surface area contributed by atoms with E-state index in [0.717, 1.165) is 36.7 Å². The van der Waals surface area contributed by atoms with Crippen LogP contribution >= 0.6 is 50.3 Å². The molecular weight excluding hydrogens is 665 g/mol. The molecule has 1 fully saturated rings. The highest BCUT2D eigenvalue weighted by atomic mass is 127. The molecule has 8 heteroatoms. The SMILES string of the molecule is CC(C)(C)c1ccc(OCCOc2cc(Br)ccc2/C=C2\SC(=O)N(Cc3ccc(I)cc3)C2=O)cc1. The van der Waals surface area contributed by atoms with Crippen LogP contribution in [0.2, 0.25) is 0 Å². The van der Waals surface area contributed by atoms with Crippen molar-refractivity contribution < 1.29 is 19.1 Å². The number of amides is 2. The Hall–Kier alpha value is -2.30. The van der Waals surface area contributed by atoms with E-state index in [9.17, 15) is 9.59 Å². The molecule has 0 saturated carbocycles. The maximum Gasteiger partial charge on any atom is 0.293 e. The monoisotopic (exact) mass is 691 g/mol. The van der Waals surface area contributed by atoms with Gasteiger partial charge in [-0.25, -0.2) is 0 Å². The van der Waals surface area contributed by atoms with Crippen LogP contribution in [0.15, 0.2) is 76.1 Å². The minimum Gasteiger partial charge on any atom is -0.490 e. The zero-order valence-electron chi connectivity index (χ0n) is 20.8. The predicted molar refractivity (Wildman–Crippen MR) is 161 cm³/mol. The van der Waals surface area contributed by atoms with Gasteiger partial charge in [0.05, 0.1) is 11.4 Å². The number of rotatable bonds is 8. The molecule has 192 valence electrons. The molecule has 1 aliphatic rings. The van der Waals surface area contributed by atoms with E-state index in [1.54, 1.807) is 6.08 Å². The molecule has 0 N–H and O–H groups in total. The van der Waals surface area contributed by atoms with Gasteiger partial charge in [-0.1, -0.05) is 67.0 Å². The van der Waals surface area contributed by atoms with Crippen molar-refractivity contribution in [2.75, 3.05) is 13.2 Å². The first-order valence-electron chi connectivity index (χ1n) is 11.8. The van der Waals surface area contributed by atoms with E-state index in [4.69, 9.17) is 9.47 Å². The number of carbonyl (C=O) groups excluding carboxylic acids is 2. The quantitative estimate of drug-likeness (QED) is 0.136. The molecule has 37 heavy (non-hydrogen) atoms. The van der Waals surface area contributed by atoms with Crippen LogP contribution in [0.4, 0.5) is 4.79 Å². The summed E-state index contributed by atoms with van der Waals surface area (Å²) in [7, 11) is 0. The van der Waals surface area contributed by atoms with Gasteiger partial charge in [0, 0.05) is 13.6 Å². The lowest BCUT2D eigenvalue weighted by Crippen LogP contribution is -2.27. The average molecular weight is 692 g/mol. The van der Waals surface area contributed by atoms with Crippen LogP contribution in [0.25, 0.3) is 6.08 Å². The molecule has 0 radical (unpaired) electrons. The Labute approximate surface area is 243 Å². The van der Waals surface area contributed by atoms with Gasteiger partial charge in [0.1, 0.15) is 24.7 Å². The fourth-order valence-electron chi connectivity index (χ4n) is 3.66. The molecule has 0 aromatic heterocycles. The van der Waals surface area contributed by atoms with Crippen molar-refractivity contribution in [2.24, 2.45) is 0 Å². The van der Waals surface area contributed by atoms with Gasteiger partial charge in [0.2, 0.25) is 0 Å². The minimum atomic E-state index is -0.301. The molecule has 0 bridgehead atoms. The number of thioether (sulfide) groups is 1. The fourth-order valence-corrected chi connectivity index (χ4v) is 5.19. The van der Waals surface area contributed by atoms with Crippen molar-refractivity contribution in [1.29, 1.82) is 0 Å². The predicted octanol–water partition coefficient (Wildman–Crippen LogP) is 8.05. The van der Waals surface area contributed by atoms with Crippen LogP contribution in [0.5, 0.6) is 11.5 Å². The molecule has 0 aliphatic carbocycles. The fraction of sp³-hybridized carbons (Fsp3) is 0.241. The normalized spacial score (nSPS) is 14.9. The van der Waals surface area contributed by atoms with Crippen molar-refractivity contribution >= 4 is 67.5 Å². The summed E-state index contributed by atoms with van der Waals surface area (Å²) in [5.74, 6) is 1.09. The number of imide groups is 1. The summed E-state index contributed by atoms with van der Waals surface area (Å²) in [5.41, 5.74) is 2.97. The van der Waals surface area contributed by atoms with Crippen LogP contribution in [0.3, 0.4) is 0 Å². The summed E-state index contributed by atoms with van der Waals surface area (Å²) in [6.07, 6.45) is 1.71. The minimum absolute atomic E-state index is 0.0915. The van der Waals surface area contributed by atoms with Crippen LogP contribution in [-0.2, 0) is 16.8 Å². The molecular formula is C29H27BrINO4S. The zero-order chi connectivity index (χ0) is 26.6. The van der Waals surface area contributed by atoms with Gasteiger partial charge in [-0.2, -0.15) is 0 Å². The Morgan fingerprint density at radius 2 is 1.62 bits per heavy atom. The van der Waals surface area contributed by atoms with E-state index < -0.39 is 0 Å². The molecule has 5 nitrogen and oxygen atoms in total. The van der Waals surface area contributed by atoms with E-state index in [1.807, 2.05) is 54.6 Å². The topological polar surface area (TPSA) is 55.8 Å². The van der Waals surface area contributed by atoms with Crippen molar-refractivity contribution in [1.82, 2.24) is 4.90 Å². The highest BCUT2D eigenvalue weighted by Gasteiger charge is 2.35.